The third-order valence-corrected chi connectivity index (χ3v) is 4.79. The number of alkyl halides is 3. The first-order valence-corrected chi connectivity index (χ1v) is 9.42. The molecule has 3 aromatic rings. The van der Waals surface area contributed by atoms with Gasteiger partial charge in [0.25, 0.3) is 5.91 Å². The number of hydrogen-bond acceptors (Lipinski definition) is 7. The van der Waals surface area contributed by atoms with E-state index >= 15 is 0 Å². The summed E-state index contributed by atoms with van der Waals surface area (Å²) >= 11 is 6.14. The summed E-state index contributed by atoms with van der Waals surface area (Å²) in [4.78, 5) is 17.9. The number of hydrogen-bond donors (Lipinski definition) is 3. The van der Waals surface area contributed by atoms with Crippen molar-refractivity contribution in [1.29, 1.82) is 0 Å². The van der Waals surface area contributed by atoms with Crippen LogP contribution in [0.1, 0.15) is 29.1 Å². The van der Waals surface area contributed by atoms with Crippen molar-refractivity contribution in [2.75, 3.05) is 5.32 Å². The lowest BCUT2D eigenvalue weighted by atomic mass is 10.2. The van der Waals surface area contributed by atoms with Crippen LogP contribution in [0.2, 0.25) is 5.02 Å². The molecule has 1 unspecified atom stereocenters. The zero-order valence-corrected chi connectivity index (χ0v) is 17.1. The van der Waals surface area contributed by atoms with Gasteiger partial charge in [0, 0.05) is 0 Å². The molecule has 1 aliphatic heterocycles. The maximum atomic E-state index is 13.9. The molecule has 4 heterocycles. The van der Waals surface area contributed by atoms with Crippen LogP contribution in [0.5, 0.6) is 0 Å². The van der Waals surface area contributed by atoms with E-state index in [0.717, 1.165) is 11.0 Å². The van der Waals surface area contributed by atoms with Gasteiger partial charge in [-0.1, -0.05) is 17.7 Å². The summed E-state index contributed by atoms with van der Waals surface area (Å²) in [7, 11) is 0. The average Bonchev–Trinajstić information content (AvgIpc) is 3.40. The van der Waals surface area contributed by atoms with Gasteiger partial charge in [-0.15, -0.1) is 4.80 Å². The van der Waals surface area contributed by atoms with Crippen molar-refractivity contribution < 1.29 is 18.0 Å². The second-order valence-corrected chi connectivity index (χ2v) is 7.10. The van der Waals surface area contributed by atoms with Gasteiger partial charge in [-0.05, 0) is 24.6 Å². The summed E-state index contributed by atoms with van der Waals surface area (Å²) in [6, 6.07) is 1.32. The van der Waals surface area contributed by atoms with Gasteiger partial charge in [-0.25, -0.2) is 9.67 Å². The summed E-state index contributed by atoms with van der Waals surface area (Å²) in [5, 5.41) is 16.7. The third-order valence-electron chi connectivity index (χ3n) is 4.52. The molecule has 32 heavy (non-hydrogen) atoms. The van der Waals surface area contributed by atoms with Gasteiger partial charge in [0.05, 0.1) is 41.1 Å². The molecule has 0 radical (unpaired) electrons. The lowest BCUT2D eigenvalue weighted by molar-refractivity contribution is -0.145. The molecule has 3 aromatic heterocycles. The predicted octanol–water partition coefficient (Wildman–Crippen LogP) is 2.63. The van der Waals surface area contributed by atoms with E-state index in [4.69, 9.17) is 17.3 Å². The highest BCUT2D eigenvalue weighted by atomic mass is 35.5. The zero-order chi connectivity index (χ0) is 23.0. The number of rotatable bonds is 4. The molecule has 0 spiro atoms. The Balaban J connectivity index is 1.63. The van der Waals surface area contributed by atoms with Crippen molar-refractivity contribution in [1.82, 2.24) is 35.1 Å². The molecule has 1 aliphatic rings. The van der Waals surface area contributed by atoms with Crippen LogP contribution < -0.4 is 16.4 Å². The second kappa shape index (κ2) is 8.00. The third kappa shape index (κ3) is 4.01. The normalized spacial score (nSPS) is 16.2. The van der Waals surface area contributed by atoms with Gasteiger partial charge in [0.2, 0.25) is 0 Å². The maximum Gasteiger partial charge on any atom is 0.433 e. The highest BCUT2D eigenvalue weighted by molar-refractivity contribution is 6.32. The Morgan fingerprint density at radius 1 is 1.25 bits per heavy atom. The van der Waals surface area contributed by atoms with Crippen LogP contribution in [-0.4, -0.2) is 35.7 Å². The first-order chi connectivity index (χ1) is 15.1. The lowest BCUT2D eigenvalue weighted by Crippen LogP contribution is -2.34. The number of nitrogens with two attached hydrogens (primary N) is 1. The Bertz CT molecular complexity index is 1230. The number of nitrogens with zero attached hydrogens (tertiary/aromatic N) is 6. The fourth-order valence-corrected chi connectivity index (χ4v) is 3.22. The summed E-state index contributed by atoms with van der Waals surface area (Å²) in [6.45, 7) is 1.70. The van der Waals surface area contributed by atoms with E-state index in [1.165, 1.54) is 30.7 Å². The van der Waals surface area contributed by atoms with Crippen molar-refractivity contribution in [3.05, 3.63) is 70.7 Å². The second-order valence-electron chi connectivity index (χ2n) is 6.70. The van der Waals surface area contributed by atoms with Crippen LogP contribution in [0.25, 0.3) is 5.82 Å². The van der Waals surface area contributed by atoms with Crippen molar-refractivity contribution in [3.8, 4) is 5.82 Å². The summed E-state index contributed by atoms with van der Waals surface area (Å²) in [5.41, 5.74) is 4.61. The SMILES string of the molecule is CC1=C(N)NC(n2ncc(C(=O)Nc3cnc(-n4nccn4)c(Cl)c3)c2C(F)(F)F)C=C1. The van der Waals surface area contributed by atoms with E-state index in [9.17, 15) is 18.0 Å². The highest BCUT2D eigenvalue weighted by Crippen LogP contribution is 2.34. The number of halogens is 4. The number of allylic oxidation sites excluding steroid dienone is 2. The van der Waals surface area contributed by atoms with Gasteiger partial charge < -0.3 is 16.4 Å². The topological polar surface area (TPSA) is 129 Å². The van der Waals surface area contributed by atoms with Crippen molar-refractivity contribution in [3.63, 3.8) is 0 Å². The number of amides is 1. The highest BCUT2D eigenvalue weighted by Gasteiger charge is 2.41. The molecular weight excluding hydrogens is 451 g/mol. The fraction of sp³-hybridized carbons (Fsp3) is 0.167. The molecule has 0 aliphatic carbocycles. The van der Waals surface area contributed by atoms with E-state index in [1.807, 2.05) is 0 Å². The van der Waals surface area contributed by atoms with Gasteiger partial charge in [0.15, 0.2) is 11.5 Å². The van der Waals surface area contributed by atoms with Gasteiger partial charge in [-0.3, -0.25) is 4.79 Å². The Labute approximate surface area is 183 Å². The van der Waals surface area contributed by atoms with Gasteiger partial charge >= 0.3 is 6.18 Å². The van der Waals surface area contributed by atoms with Crippen LogP contribution in [0.3, 0.4) is 0 Å². The Kier molecular flexibility index (Phi) is 5.34. The largest absolute Gasteiger partial charge is 0.433 e. The van der Waals surface area contributed by atoms with Crippen LogP contribution in [0.4, 0.5) is 18.9 Å². The predicted molar refractivity (Wildman–Crippen MR) is 108 cm³/mol. The van der Waals surface area contributed by atoms with E-state index in [-0.39, 0.29) is 22.3 Å². The van der Waals surface area contributed by atoms with Crippen LogP contribution in [0, 0.1) is 0 Å². The van der Waals surface area contributed by atoms with E-state index < -0.39 is 29.5 Å². The lowest BCUT2D eigenvalue weighted by Gasteiger charge is -2.24. The Morgan fingerprint density at radius 2 is 1.97 bits per heavy atom. The molecule has 4 N–H and O–H groups in total. The molecule has 10 nitrogen and oxygen atoms in total. The van der Waals surface area contributed by atoms with Crippen LogP contribution >= 0.6 is 11.6 Å². The summed E-state index contributed by atoms with van der Waals surface area (Å²) in [5.74, 6) is -0.639. The first-order valence-electron chi connectivity index (χ1n) is 9.04. The first kappa shape index (κ1) is 21.4. The average molecular weight is 466 g/mol. The molecule has 4 rings (SSSR count). The minimum atomic E-state index is -4.87. The Hall–Kier alpha value is -3.87. The van der Waals surface area contributed by atoms with E-state index in [2.05, 4.69) is 30.9 Å². The minimum absolute atomic E-state index is 0.0790. The fourth-order valence-electron chi connectivity index (χ4n) is 2.98. The molecule has 0 bridgehead atoms. The molecular formula is C18H15ClF3N9O. The zero-order valence-electron chi connectivity index (χ0n) is 16.3. The molecule has 0 aromatic carbocycles. The molecule has 14 heteroatoms. The summed E-state index contributed by atoms with van der Waals surface area (Å²) < 4.78 is 42.2. The van der Waals surface area contributed by atoms with Gasteiger partial charge in [-0.2, -0.15) is 28.5 Å². The minimum Gasteiger partial charge on any atom is -0.385 e. The molecule has 166 valence electrons. The number of pyridine rings is 1. The molecule has 0 fully saturated rings. The van der Waals surface area contributed by atoms with Crippen molar-refractivity contribution >= 4 is 23.2 Å². The molecule has 0 saturated heterocycles. The smallest absolute Gasteiger partial charge is 0.385 e. The van der Waals surface area contributed by atoms with Crippen molar-refractivity contribution in [2.24, 2.45) is 5.73 Å². The van der Waals surface area contributed by atoms with Crippen molar-refractivity contribution in [2.45, 2.75) is 19.3 Å². The number of nitrogens with one attached hydrogen (secondary N) is 2. The number of carbonyl (C=O) groups excluding carboxylic acids is 1. The van der Waals surface area contributed by atoms with Crippen LogP contribution in [0.15, 0.2) is 54.4 Å². The molecule has 1 amide bonds. The quantitative estimate of drug-likeness (QED) is 0.540. The summed E-state index contributed by atoms with van der Waals surface area (Å²) in [6.07, 6.45) is 2.05. The number of carbonyl (C=O) groups is 1. The maximum absolute atomic E-state index is 13.9. The standard InChI is InChI=1S/C18H15ClF3N9O/c1-9-2-3-13(29-15(9)23)30-14(18(20,21)22)11(8-27-30)17(32)28-10-6-12(19)16(24-7-10)31-25-4-5-26-31/h2-8,13,29H,23H2,1H3,(H,28,32). The van der Waals surface area contributed by atoms with Crippen LogP contribution in [-0.2, 0) is 6.18 Å². The van der Waals surface area contributed by atoms with E-state index in [0.29, 0.717) is 10.3 Å². The Morgan fingerprint density at radius 3 is 2.59 bits per heavy atom. The van der Waals surface area contributed by atoms with Gasteiger partial charge in [0.1, 0.15) is 12.0 Å². The number of dihydropyridines is 1. The molecule has 1 atom stereocenters. The number of aromatic nitrogens is 6. The van der Waals surface area contributed by atoms with E-state index in [1.54, 1.807) is 13.0 Å². The monoisotopic (exact) mass is 465 g/mol. The number of anilines is 1. The molecule has 0 saturated carbocycles.